The van der Waals surface area contributed by atoms with Crippen LogP contribution in [-0.4, -0.2) is 56.6 Å². The van der Waals surface area contributed by atoms with Gasteiger partial charge in [-0.25, -0.2) is 0 Å². The quantitative estimate of drug-likeness (QED) is 0.685. The van der Waals surface area contributed by atoms with E-state index in [1.807, 2.05) is 4.90 Å². The lowest BCUT2D eigenvalue weighted by Crippen LogP contribution is -2.49. The molecule has 3 aromatic rings. The van der Waals surface area contributed by atoms with Gasteiger partial charge in [-0.05, 0) is 24.3 Å². The molecule has 4 rings (SSSR count). The molecule has 1 aliphatic heterocycles. The van der Waals surface area contributed by atoms with Gasteiger partial charge in [0.2, 0.25) is 5.95 Å². The summed E-state index contributed by atoms with van der Waals surface area (Å²) in [6.07, 6.45) is -0.321. The first kappa shape index (κ1) is 17.3. The predicted octanol–water partition coefficient (Wildman–Crippen LogP) is 2.11. The van der Waals surface area contributed by atoms with E-state index in [4.69, 9.17) is 0 Å². The summed E-state index contributed by atoms with van der Waals surface area (Å²) >= 11 is 0. The molecule has 0 aromatic carbocycles. The number of alkyl halides is 3. The van der Waals surface area contributed by atoms with E-state index in [9.17, 15) is 18.0 Å². The van der Waals surface area contributed by atoms with Crippen LogP contribution in [0.3, 0.4) is 0 Å². The van der Waals surface area contributed by atoms with Gasteiger partial charge in [-0.15, -0.1) is 10.2 Å². The van der Waals surface area contributed by atoms with Crippen LogP contribution in [0.1, 0.15) is 15.9 Å². The standard InChI is InChI=1S/C17H15F3N6O/c18-17(19,20)13-1-2-14-22-23-16(26(14)11-13)25-9-7-24(8-10-25)15(27)12-3-5-21-6-4-12/h1-6,11H,7-10H2. The van der Waals surface area contributed by atoms with Crippen LogP contribution < -0.4 is 4.90 Å². The van der Waals surface area contributed by atoms with Crippen molar-refractivity contribution in [1.29, 1.82) is 0 Å². The topological polar surface area (TPSA) is 66.6 Å². The van der Waals surface area contributed by atoms with Gasteiger partial charge >= 0.3 is 6.18 Å². The number of aromatic nitrogens is 4. The number of piperazine rings is 1. The number of halogens is 3. The molecule has 1 fully saturated rings. The third kappa shape index (κ3) is 3.29. The van der Waals surface area contributed by atoms with Gasteiger partial charge in [0.15, 0.2) is 5.65 Å². The number of fused-ring (bicyclic) bond motifs is 1. The van der Waals surface area contributed by atoms with Crippen LogP contribution in [0.4, 0.5) is 19.1 Å². The Kier molecular flexibility index (Phi) is 4.17. The second-order valence-electron chi connectivity index (χ2n) is 6.16. The summed E-state index contributed by atoms with van der Waals surface area (Å²) in [4.78, 5) is 19.9. The second kappa shape index (κ2) is 6.53. The van der Waals surface area contributed by atoms with Crippen LogP contribution in [0.15, 0.2) is 42.9 Å². The maximum atomic E-state index is 13.0. The second-order valence-corrected chi connectivity index (χ2v) is 6.16. The van der Waals surface area contributed by atoms with E-state index in [1.54, 1.807) is 29.4 Å². The Balaban J connectivity index is 1.52. The third-order valence-corrected chi connectivity index (χ3v) is 4.49. The van der Waals surface area contributed by atoms with Crippen molar-refractivity contribution in [2.24, 2.45) is 0 Å². The molecular formula is C17H15F3N6O. The molecular weight excluding hydrogens is 361 g/mol. The molecule has 0 spiro atoms. The Morgan fingerprint density at radius 3 is 2.33 bits per heavy atom. The fraction of sp³-hybridized carbons (Fsp3) is 0.294. The van der Waals surface area contributed by atoms with Crippen LogP contribution in [0.5, 0.6) is 0 Å². The monoisotopic (exact) mass is 376 g/mol. The lowest BCUT2D eigenvalue weighted by Gasteiger charge is -2.34. The van der Waals surface area contributed by atoms with Gasteiger partial charge in [-0.1, -0.05) is 0 Å². The van der Waals surface area contributed by atoms with Crippen molar-refractivity contribution in [3.63, 3.8) is 0 Å². The van der Waals surface area contributed by atoms with Crippen molar-refractivity contribution < 1.29 is 18.0 Å². The first-order valence-corrected chi connectivity index (χ1v) is 8.30. The van der Waals surface area contributed by atoms with Crippen molar-refractivity contribution in [1.82, 2.24) is 24.5 Å². The molecule has 10 heteroatoms. The molecule has 7 nitrogen and oxygen atoms in total. The summed E-state index contributed by atoms with van der Waals surface area (Å²) in [5.41, 5.74) is 0.136. The number of amides is 1. The summed E-state index contributed by atoms with van der Waals surface area (Å²) in [5, 5.41) is 7.97. The fourth-order valence-electron chi connectivity index (χ4n) is 3.05. The molecule has 1 saturated heterocycles. The van der Waals surface area contributed by atoms with E-state index in [0.29, 0.717) is 43.3 Å². The first-order chi connectivity index (χ1) is 12.9. The van der Waals surface area contributed by atoms with Gasteiger partial charge < -0.3 is 9.80 Å². The molecule has 0 atom stereocenters. The van der Waals surface area contributed by atoms with Gasteiger partial charge in [-0.2, -0.15) is 13.2 Å². The predicted molar refractivity (Wildman–Crippen MR) is 90.3 cm³/mol. The van der Waals surface area contributed by atoms with E-state index in [1.165, 1.54) is 10.5 Å². The van der Waals surface area contributed by atoms with Crippen LogP contribution in [-0.2, 0) is 6.18 Å². The van der Waals surface area contributed by atoms with Crippen molar-refractivity contribution in [2.75, 3.05) is 31.1 Å². The number of hydrogen-bond donors (Lipinski definition) is 0. The molecule has 27 heavy (non-hydrogen) atoms. The van der Waals surface area contributed by atoms with Gasteiger partial charge in [0.05, 0.1) is 5.56 Å². The fourth-order valence-corrected chi connectivity index (χ4v) is 3.05. The minimum atomic E-state index is -4.44. The zero-order valence-electron chi connectivity index (χ0n) is 14.1. The van der Waals surface area contributed by atoms with Gasteiger partial charge in [0.1, 0.15) is 0 Å². The Labute approximate surface area is 152 Å². The molecule has 0 N–H and O–H groups in total. The van der Waals surface area contributed by atoms with Crippen LogP contribution in [0, 0.1) is 0 Å². The van der Waals surface area contributed by atoms with Crippen molar-refractivity contribution in [3.8, 4) is 0 Å². The summed E-state index contributed by atoms with van der Waals surface area (Å²) in [5.74, 6) is 0.245. The minimum Gasteiger partial charge on any atom is -0.337 e. The summed E-state index contributed by atoms with van der Waals surface area (Å²) in [7, 11) is 0. The molecule has 1 aliphatic rings. The number of carbonyl (C=O) groups excluding carboxylic acids is 1. The van der Waals surface area contributed by atoms with Crippen LogP contribution >= 0.6 is 0 Å². The van der Waals surface area contributed by atoms with Gasteiger partial charge in [0.25, 0.3) is 5.91 Å². The Hall–Kier alpha value is -3.17. The first-order valence-electron chi connectivity index (χ1n) is 8.30. The molecule has 4 heterocycles. The highest BCUT2D eigenvalue weighted by molar-refractivity contribution is 5.94. The number of hydrogen-bond acceptors (Lipinski definition) is 5. The van der Waals surface area contributed by atoms with Crippen molar-refractivity contribution in [3.05, 3.63) is 54.0 Å². The highest BCUT2D eigenvalue weighted by atomic mass is 19.4. The summed E-state index contributed by atoms with van der Waals surface area (Å²) in [6.45, 7) is 1.78. The lowest BCUT2D eigenvalue weighted by atomic mass is 10.2. The zero-order valence-corrected chi connectivity index (χ0v) is 14.1. The van der Waals surface area contributed by atoms with E-state index in [2.05, 4.69) is 15.2 Å². The third-order valence-electron chi connectivity index (χ3n) is 4.49. The molecule has 0 radical (unpaired) electrons. The van der Waals surface area contributed by atoms with Crippen LogP contribution in [0.2, 0.25) is 0 Å². The minimum absolute atomic E-state index is 0.0949. The van der Waals surface area contributed by atoms with Crippen LogP contribution in [0.25, 0.3) is 5.65 Å². The van der Waals surface area contributed by atoms with E-state index < -0.39 is 11.7 Å². The number of carbonyl (C=O) groups is 1. The number of anilines is 1. The van der Waals surface area contributed by atoms with E-state index in [0.717, 1.165) is 12.3 Å². The Morgan fingerprint density at radius 1 is 0.963 bits per heavy atom. The maximum absolute atomic E-state index is 13.0. The van der Waals surface area contributed by atoms with E-state index in [-0.39, 0.29) is 5.91 Å². The SMILES string of the molecule is O=C(c1ccncc1)N1CCN(c2nnc3ccc(C(F)(F)F)cn23)CC1. The normalized spacial score (nSPS) is 15.4. The Morgan fingerprint density at radius 2 is 1.67 bits per heavy atom. The van der Waals surface area contributed by atoms with Crippen molar-refractivity contribution in [2.45, 2.75) is 6.18 Å². The average Bonchev–Trinajstić information content (AvgIpc) is 3.11. The number of rotatable bonds is 2. The average molecular weight is 376 g/mol. The molecule has 0 unspecified atom stereocenters. The van der Waals surface area contributed by atoms with Gasteiger partial charge in [0, 0.05) is 50.3 Å². The van der Waals surface area contributed by atoms with Gasteiger partial charge in [-0.3, -0.25) is 14.2 Å². The smallest absolute Gasteiger partial charge is 0.337 e. The van der Waals surface area contributed by atoms with Crippen molar-refractivity contribution >= 4 is 17.5 Å². The molecule has 0 aliphatic carbocycles. The lowest BCUT2D eigenvalue weighted by molar-refractivity contribution is -0.137. The molecule has 0 saturated carbocycles. The Bertz CT molecular complexity index is 964. The highest BCUT2D eigenvalue weighted by Crippen LogP contribution is 2.30. The highest BCUT2D eigenvalue weighted by Gasteiger charge is 2.32. The summed E-state index contributed by atoms with van der Waals surface area (Å²) in [6, 6.07) is 5.58. The number of pyridine rings is 2. The molecule has 0 bridgehead atoms. The van der Waals surface area contributed by atoms with E-state index >= 15 is 0 Å². The molecule has 1 amide bonds. The summed E-state index contributed by atoms with van der Waals surface area (Å²) < 4.78 is 40.3. The molecule has 3 aromatic heterocycles. The number of nitrogens with zero attached hydrogens (tertiary/aromatic N) is 6. The zero-order chi connectivity index (χ0) is 19.0. The maximum Gasteiger partial charge on any atom is 0.417 e. The molecule has 140 valence electrons. The largest absolute Gasteiger partial charge is 0.417 e.